The number of rotatable bonds is 4. The topological polar surface area (TPSA) is 26.3 Å². The molecule has 0 aliphatic carbocycles. The van der Waals surface area contributed by atoms with Crippen LogP contribution in [0.25, 0.3) is 0 Å². The molecule has 1 rings (SSSR count). The minimum absolute atomic E-state index is 0.372. The molecule has 1 aromatic rings. The van der Waals surface area contributed by atoms with E-state index in [9.17, 15) is 4.79 Å². The van der Waals surface area contributed by atoms with Crippen molar-refractivity contribution in [3.8, 4) is 11.8 Å². The second-order valence-corrected chi connectivity index (χ2v) is 5.09. The molecule has 0 saturated carbocycles. The Balaban J connectivity index is 2.79. The Morgan fingerprint density at radius 3 is 2.63 bits per heavy atom. The van der Waals surface area contributed by atoms with Crippen molar-refractivity contribution < 1.29 is 9.53 Å². The monoisotopic (exact) mass is 278 g/mol. The van der Waals surface area contributed by atoms with Gasteiger partial charge in [0.15, 0.2) is 6.10 Å². The molecule has 1 unspecified atom stereocenters. The van der Waals surface area contributed by atoms with E-state index in [1.54, 1.807) is 24.3 Å². The van der Waals surface area contributed by atoms with E-state index in [0.29, 0.717) is 16.5 Å². The van der Waals surface area contributed by atoms with Gasteiger partial charge in [-0.3, -0.25) is 0 Å². The van der Waals surface area contributed by atoms with Crippen LogP contribution in [-0.4, -0.2) is 12.1 Å². The molecule has 1 atom stereocenters. The van der Waals surface area contributed by atoms with Crippen molar-refractivity contribution in [2.75, 3.05) is 0 Å². The Kier molecular flexibility index (Phi) is 6.45. The molecule has 0 radical (unpaired) electrons. The van der Waals surface area contributed by atoms with Crippen LogP contribution in [-0.2, 0) is 4.74 Å². The van der Waals surface area contributed by atoms with Gasteiger partial charge in [-0.15, -0.1) is 0 Å². The summed E-state index contributed by atoms with van der Waals surface area (Å²) >= 11 is 5.98. The molecule has 0 spiro atoms. The van der Waals surface area contributed by atoms with E-state index in [1.807, 2.05) is 6.92 Å². The van der Waals surface area contributed by atoms with Crippen LogP contribution in [0.4, 0.5) is 0 Å². The summed E-state index contributed by atoms with van der Waals surface area (Å²) in [6.45, 7) is 6.11. The zero-order valence-corrected chi connectivity index (χ0v) is 12.3. The first kappa shape index (κ1) is 15.6. The molecular weight excluding hydrogens is 260 g/mol. The Labute approximate surface area is 120 Å². The van der Waals surface area contributed by atoms with E-state index in [4.69, 9.17) is 16.3 Å². The highest BCUT2D eigenvalue weighted by Gasteiger charge is 2.17. The maximum absolute atomic E-state index is 12.0. The van der Waals surface area contributed by atoms with Crippen molar-refractivity contribution in [3.63, 3.8) is 0 Å². The zero-order chi connectivity index (χ0) is 14.3. The van der Waals surface area contributed by atoms with E-state index in [-0.39, 0.29) is 6.10 Å². The van der Waals surface area contributed by atoms with Gasteiger partial charge in [0, 0.05) is 6.42 Å². The average Bonchev–Trinajstić information content (AvgIpc) is 2.35. The van der Waals surface area contributed by atoms with E-state index >= 15 is 0 Å². The van der Waals surface area contributed by atoms with Gasteiger partial charge in [0.2, 0.25) is 0 Å². The number of ether oxygens (including phenoxy) is 1. The highest BCUT2D eigenvalue weighted by molar-refractivity contribution is 6.33. The van der Waals surface area contributed by atoms with Crippen LogP contribution in [0.1, 0.15) is 44.0 Å². The van der Waals surface area contributed by atoms with Crippen molar-refractivity contribution in [1.82, 2.24) is 0 Å². The Morgan fingerprint density at radius 2 is 2.05 bits per heavy atom. The summed E-state index contributed by atoms with van der Waals surface area (Å²) in [7, 11) is 0. The SMILES string of the molecule is CCC#CC(CC(C)C)OC(=O)c1ccccc1Cl. The molecule has 0 aliphatic heterocycles. The molecule has 0 fully saturated rings. The van der Waals surface area contributed by atoms with Crippen LogP contribution in [0, 0.1) is 17.8 Å². The van der Waals surface area contributed by atoms with Gasteiger partial charge in [0.05, 0.1) is 10.6 Å². The molecule has 0 heterocycles. The lowest BCUT2D eigenvalue weighted by atomic mass is 10.1. The van der Waals surface area contributed by atoms with E-state index in [0.717, 1.165) is 12.8 Å². The number of hydrogen-bond donors (Lipinski definition) is 0. The first-order chi connectivity index (χ1) is 9.04. The molecule has 1 aromatic carbocycles. The number of benzene rings is 1. The molecule has 0 aromatic heterocycles. The highest BCUT2D eigenvalue weighted by atomic mass is 35.5. The lowest BCUT2D eigenvalue weighted by Gasteiger charge is -2.15. The summed E-state index contributed by atoms with van der Waals surface area (Å²) in [5.74, 6) is 5.95. The number of halogens is 1. The van der Waals surface area contributed by atoms with Gasteiger partial charge in [0.1, 0.15) is 0 Å². The van der Waals surface area contributed by atoms with Crippen molar-refractivity contribution in [1.29, 1.82) is 0 Å². The molecule has 0 amide bonds. The van der Waals surface area contributed by atoms with Crippen molar-refractivity contribution in [2.45, 2.75) is 39.7 Å². The smallest absolute Gasteiger partial charge is 0.340 e. The summed E-state index contributed by atoms with van der Waals surface area (Å²) in [6.07, 6.45) is 1.10. The molecule has 0 bridgehead atoms. The number of esters is 1. The van der Waals surface area contributed by atoms with Crippen LogP contribution >= 0.6 is 11.6 Å². The summed E-state index contributed by atoms with van der Waals surface area (Å²) in [6, 6.07) is 6.87. The third kappa shape index (κ3) is 5.36. The first-order valence-corrected chi connectivity index (χ1v) is 6.86. The maximum atomic E-state index is 12.0. The summed E-state index contributed by atoms with van der Waals surface area (Å²) in [5.41, 5.74) is 0.385. The fraction of sp³-hybridized carbons (Fsp3) is 0.438. The van der Waals surface area contributed by atoms with Gasteiger partial charge in [-0.2, -0.15) is 0 Å². The average molecular weight is 279 g/mol. The van der Waals surface area contributed by atoms with Crippen LogP contribution in [0.3, 0.4) is 0 Å². The standard InChI is InChI=1S/C16H19ClO2/c1-4-5-8-13(11-12(2)3)19-16(18)14-9-6-7-10-15(14)17/h6-7,9-10,12-13H,4,11H2,1-3H3. The number of carbonyl (C=O) groups is 1. The van der Waals surface area contributed by atoms with Gasteiger partial charge in [0.25, 0.3) is 0 Å². The van der Waals surface area contributed by atoms with Crippen LogP contribution in [0.2, 0.25) is 5.02 Å². The molecule has 3 heteroatoms. The molecule has 102 valence electrons. The molecule has 2 nitrogen and oxygen atoms in total. The van der Waals surface area contributed by atoms with Crippen molar-refractivity contribution >= 4 is 17.6 Å². The Hall–Kier alpha value is -1.46. The fourth-order valence-electron chi connectivity index (χ4n) is 1.60. The summed E-state index contributed by atoms with van der Waals surface area (Å²) in [4.78, 5) is 12.0. The summed E-state index contributed by atoms with van der Waals surface area (Å²) < 4.78 is 5.43. The van der Waals surface area contributed by atoms with Crippen molar-refractivity contribution in [2.24, 2.45) is 5.92 Å². The second kappa shape index (κ2) is 7.86. The van der Waals surface area contributed by atoms with Crippen LogP contribution in [0.15, 0.2) is 24.3 Å². The van der Waals surface area contributed by atoms with Gasteiger partial charge >= 0.3 is 5.97 Å². The highest BCUT2D eigenvalue weighted by Crippen LogP contribution is 2.18. The fourth-order valence-corrected chi connectivity index (χ4v) is 1.81. The minimum Gasteiger partial charge on any atom is -0.446 e. The molecule has 0 aliphatic rings. The van der Waals surface area contributed by atoms with E-state index in [2.05, 4.69) is 25.7 Å². The van der Waals surface area contributed by atoms with Gasteiger partial charge < -0.3 is 4.74 Å². The minimum atomic E-state index is -0.415. The van der Waals surface area contributed by atoms with E-state index < -0.39 is 5.97 Å². The maximum Gasteiger partial charge on any atom is 0.340 e. The third-order valence-electron chi connectivity index (χ3n) is 2.47. The van der Waals surface area contributed by atoms with Gasteiger partial charge in [-0.25, -0.2) is 4.79 Å². The Bertz CT molecular complexity index is 483. The quantitative estimate of drug-likeness (QED) is 0.605. The zero-order valence-electron chi connectivity index (χ0n) is 11.6. The van der Waals surface area contributed by atoms with Gasteiger partial charge in [-0.05, 0) is 24.5 Å². The predicted molar refractivity (Wildman–Crippen MR) is 78.2 cm³/mol. The molecule has 0 N–H and O–H groups in total. The van der Waals surface area contributed by atoms with Gasteiger partial charge in [-0.1, -0.05) is 56.3 Å². The van der Waals surface area contributed by atoms with E-state index in [1.165, 1.54) is 0 Å². The van der Waals surface area contributed by atoms with Crippen molar-refractivity contribution in [3.05, 3.63) is 34.9 Å². The Morgan fingerprint density at radius 1 is 1.37 bits per heavy atom. The number of carbonyl (C=O) groups excluding carboxylic acids is 1. The van der Waals surface area contributed by atoms with Crippen LogP contribution < -0.4 is 0 Å². The molecule has 19 heavy (non-hydrogen) atoms. The predicted octanol–water partition coefficient (Wildman–Crippen LogP) is 4.32. The number of hydrogen-bond acceptors (Lipinski definition) is 2. The van der Waals surface area contributed by atoms with Crippen LogP contribution in [0.5, 0.6) is 0 Å². The lowest BCUT2D eigenvalue weighted by molar-refractivity contribution is 0.0377. The third-order valence-corrected chi connectivity index (χ3v) is 2.80. The molecular formula is C16H19ClO2. The largest absolute Gasteiger partial charge is 0.446 e. The second-order valence-electron chi connectivity index (χ2n) is 4.68. The first-order valence-electron chi connectivity index (χ1n) is 6.48. The summed E-state index contributed by atoms with van der Waals surface area (Å²) in [5, 5.41) is 0.402. The molecule has 0 saturated heterocycles. The lowest BCUT2D eigenvalue weighted by Crippen LogP contribution is -2.19. The normalized spacial score (nSPS) is 11.6.